The summed E-state index contributed by atoms with van der Waals surface area (Å²) in [7, 11) is 1.59. The molecule has 2 amide bonds. The van der Waals surface area contributed by atoms with Crippen molar-refractivity contribution in [2.45, 2.75) is 0 Å². The Morgan fingerprint density at radius 3 is 2.84 bits per heavy atom. The molecular weight excluding hydrogens is 322 g/mol. The number of morpholine rings is 1. The highest BCUT2D eigenvalue weighted by Crippen LogP contribution is 2.13. The Hall–Kier alpha value is -2.38. The van der Waals surface area contributed by atoms with Crippen molar-refractivity contribution in [1.29, 1.82) is 0 Å². The molecule has 2 N–H and O–H groups in total. The Morgan fingerprint density at radius 2 is 2.08 bits per heavy atom. The molecule has 1 aliphatic rings. The first-order chi connectivity index (χ1) is 12.2. The molecule has 7 heteroatoms. The molecule has 1 aromatic carbocycles. The summed E-state index contributed by atoms with van der Waals surface area (Å²) in [5, 5.41) is 5.36. The largest absolute Gasteiger partial charge is 0.497 e. The molecule has 1 heterocycles. The van der Waals surface area contributed by atoms with Crippen molar-refractivity contribution in [3.05, 3.63) is 35.9 Å². The van der Waals surface area contributed by atoms with E-state index >= 15 is 0 Å². The van der Waals surface area contributed by atoms with Crippen LogP contribution in [0.15, 0.2) is 30.3 Å². The van der Waals surface area contributed by atoms with Crippen molar-refractivity contribution < 1.29 is 19.1 Å². The van der Waals surface area contributed by atoms with Crippen molar-refractivity contribution in [3.63, 3.8) is 0 Å². The summed E-state index contributed by atoms with van der Waals surface area (Å²) in [6.45, 7) is 4.58. The molecule has 1 aliphatic heterocycles. The second-order valence-corrected chi connectivity index (χ2v) is 5.63. The highest BCUT2D eigenvalue weighted by atomic mass is 16.5. The molecule has 0 aliphatic carbocycles. The average Bonchev–Trinajstić information content (AvgIpc) is 2.65. The minimum absolute atomic E-state index is 0.0373. The fraction of sp³-hybridized carbons (Fsp3) is 0.444. The third kappa shape index (κ3) is 7.36. The minimum atomic E-state index is -0.314. The number of ether oxygens (including phenoxy) is 2. The third-order valence-corrected chi connectivity index (χ3v) is 3.80. The minimum Gasteiger partial charge on any atom is -0.497 e. The van der Waals surface area contributed by atoms with Crippen LogP contribution in [0.2, 0.25) is 0 Å². The van der Waals surface area contributed by atoms with E-state index in [0.29, 0.717) is 6.54 Å². The molecule has 0 unspecified atom stereocenters. The fourth-order valence-corrected chi connectivity index (χ4v) is 2.38. The van der Waals surface area contributed by atoms with Gasteiger partial charge in [0.1, 0.15) is 5.75 Å². The van der Waals surface area contributed by atoms with E-state index in [1.807, 2.05) is 24.3 Å². The van der Waals surface area contributed by atoms with Crippen LogP contribution >= 0.6 is 0 Å². The van der Waals surface area contributed by atoms with Crippen molar-refractivity contribution in [2.24, 2.45) is 0 Å². The van der Waals surface area contributed by atoms with E-state index in [1.165, 1.54) is 6.08 Å². The second-order valence-electron chi connectivity index (χ2n) is 5.63. The number of methoxy groups -OCH3 is 1. The van der Waals surface area contributed by atoms with Crippen LogP contribution in [0.3, 0.4) is 0 Å². The highest BCUT2D eigenvalue weighted by Gasteiger charge is 2.10. The number of carbonyl (C=O) groups is 2. The molecule has 0 bridgehead atoms. The quantitative estimate of drug-likeness (QED) is 0.660. The first-order valence-corrected chi connectivity index (χ1v) is 8.34. The van der Waals surface area contributed by atoms with Crippen LogP contribution in [0, 0.1) is 0 Å². The standard InChI is InChI=1S/C18H25N3O4/c1-24-16-4-2-3-15(13-16)5-6-17(22)20-14-18(23)19-7-8-21-9-11-25-12-10-21/h2-6,13H,7-12,14H2,1H3,(H,19,23)(H,20,22)/b6-5+. The number of benzene rings is 1. The van der Waals surface area contributed by atoms with E-state index in [1.54, 1.807) is 13.2 Å². The molecule has 1 saturated heterocycles. The molecule has 1 aromatic rings. The van der Waals surface area contributed by atoms with E-state index in [-0.39, 0.29) is 18.4 Å². The Balaban J connectivity index is 1.63. The molecule has 136 valence electrons. The van der Waals surface area contributed by atoms with Gasteiger partial charge in [-0.3, -0.25) is 14.5 Å². The number of rotatable bonds is 8. The topological polar surface area (TPSA) is 79.9 Å². The smallest absolute Gasteiger partial charge is 0.244 e. The molecule has 7 nitrogen and oxygen atoms in total. The SMILES string of the molecule is COc1cccc(/C=C/C(=O)NCC(=O)NCCN2CCOCC2)c1. The molecule has 0 aromatic heterocycles. The van der Waals surface area contributed by atoms with E-state index < -0.39 is 0 Å². The van der Waals surface area contributed by atoms with Crippen LogP contribution in [0.5, 0.6) is 5.75 Å². The van der Waals surface area contributed by atoms with E-state index in [4.69, 9.17) is 9.47 Å². The summed E-state index contributed by atoms with van der Waals surface area (Å²) < 4.78 is 10.4. The van der Waals surface area contributed by atoms with Gasteiger partial charge in [-0.2, -0.15) is 0 Å². The van der Waals surface area contributed by atoms with E-state index in [2.05, 4.69) is 15.5 Å². The van der Waals surface area contributed by atoms with Crippen LogP contribution < -0.4 is 15.4 Å². The van der Waals surface area contributed by atoms with Gasteiger partial charge in [0, 0.05) is 32.3 Å². The fourth-order valence-electron chi connectivity index (χ4n) is 2.38. The Kier molecular flexibility index (Phi) is 7.94. The maximum Gasteiger partial charge on any atom is 0.244 e. The number of nitrogens with one attached hydrogen (secondary N) is 2. The molecular formula is C18H25N3O4. The van der Waals surface area contributed by atoms with Gasteiger partial charge in [0.2, 0.25) is 11.8 Å². The van der Waals surface area contributed by atoms with Crippen molar-refractivity contribution in [3.8, 4) is 5.75 Å². The van der Waals surface area contributed by atoms with Gasteiger partial charge >= 0.3 is 0 Å². The molecule has 0 radical (unpaired) electrons. The van der Waals surface area contributed by atoms with E-state index in [0.717, 1.165) is 44.2 Å². The van der Waals surface area contributed by atoms with Gasteiger partial charge in [-0.1, -0.05) is 12.1 Å². The molecule has 2 rings (SSSR count). The maximum atomic E-state index is 11.8. The zero-order valence-electron chi connectivity index (χ0n) is 14.5. The summed E-state index contributed by atoms with van der Waals surface area (Å²) in [4.78, 5) is 25.7. The Morgan fingerprint density at radius 1 is 1.28 bits per heavy atom. The van der Waals surface area contributed by atoms with E-state index in [9.17, 15) is 9.59 Å². The number of amides is 2. The van der Waals surface area contributed by atoms with Gasteiger partial charge in [-0.05, 0) is 23.8 Å². The Bertz CT molecular complexity index is 598. The summed E-state index contributed by atoms with van der Waals surface area (Å²) in [5.74, 6) is 0.213. The predicted octanol–water partition coefficient (Wildman–Crippen LogP) is 0.273. The zero-order chi connectivity index (χ0) is 17.9. The van der Waals surface area contributed by atoms with Crippen molar-refractivity contribution in [2.75, 3.05) is 53.0 Å². The number of carbonyl (C=O) groups excluding carboxylic acids is 2. The second kappa shape index (κ2) is 10.5. The van der Waals surface area contributed by atoms with Crippen LogP contribution in [-0.4, -0.2) is 69.8 Å². The number of hydrogen-bond donors (Lipinski definition) is 2. The van der Waals surface area contributed by atoms with Crippen molar-refractivity contribution in [1.82, 2.24) is 15.5 Å². The number of hydrogen-bond acceptors (Lipinski definition) is 5. The average molecular weight is 347 g/mol. The third-order valence-electron chi connectivity index (χ3n) is 3.80. The summed E-state index contributed by atoms with van der Waals surface area (Å²) in [6, 6.07) is 7.36. The van der Waals surface area contributed by atoms with Gasteiger partial charge in [-0.15, -0.1) is 0 Å². The lowest BCUT2D eigenvalue weighted by atomic mass is 10.2. The van der Waals surface area contributed by atoms with Crippen molar-refractivity contribution >= 4 is 17.9 Å². The molecule has 1 fully saturated rings. The predicted molar refractivity (Wildman–Crippen MR) is 95.3 cm³/mol. The maximum absolute atomic E-state index is 11.8. The lowest BCUT2D eigenvalue weighted by molar-refractivity contribution is -0.124. The van der Waals surface area contributed by atoms with Gasteiger partial charge in [-0.25, -0.2) is 0 Å². The van der Waals surface area contributed by atoms with Crippen LogP contribution in [0.4, 0.5) is 0 Å². The van der Waals surface area contributed by atoms with Gasteiger partial charge in [0.15, 0.2) is 0 Å². The monoisotopic (exact) mass is 347 g/mol. The molecule has 0 spiro atoms. The highest BCUT2D eigenvalue weighted by molar-refractivity contribution is 5.94. The summed E-state index contributed by atoms with van der Waals surface area (Å²) >= 11 is 0. The molecule has 25 heavy (non-hydrogen) atoms. The first-order valence-electron chi connectivity index (χ1n) is 8.34. The normalized spacial score (nSPS) is 15.1. The van der Waals surface area contributed by atoms with Crippen LogP contribution in [-0.2, 0) is 14.3 Å². The lowest BCUT2D eigenvalue weighted by Gasteiger charge is -2.26. The lowest BCUT2D eigenvalue weighted by Crippen LogP contribution is -2.43. The number of nitrogens with zero attached hydrogens (tertiary/aromatic N) is 1. The zero-order valence-corrected chi connectivity index (χ0v) is 14.5. The molecule has 0 saturated carbocycles. The van der Waals surface area contributed by atoms with Crippen LogP contribution in [0.25, 0.3) is 6.08 Å². The van der Waals surface area contributed by atoms with Crippen LogP contribution in [0.1, 0.15) is 5.56 Å². The summed E-state index contributed by atoms with van der Waals surface area (Å²) in [5.41, 5.74) is 0.851. The van der Waals surface area contributed by atoms with Gasteiger partial charge < -0.3 is 20.1 Å². The molecule has 0 atom stereocenters. The van der Waals surface area contributed by atoms with Gasteiger partial charge in [0.25, 0.3) is 0 Å². The van der Waals surface area contributed by atoms with Gasteiger partial charge in [0.05, 0.1) is 26.9 Å². The summed E-state index contributed by atoms with van der Waals surface area (Å²) in [6.07, 6.45) is 3.07. The Labute approximate surface area is 148 Å². The first kappa shape index (κ1) is 19.0.